The standard InChI is InChI=1S/C21H24N4O2S2/c1-27-14-6-7-16-18(12-14)29-21(23-16)25-10-8-13(9-11-25)19(26)24-20-22-15-4-2-3-5-17(15)28-20/h6-7,12-13H,2-5,8-11H2,1H3,(H,22,24,26). The number of thiazole rings is 2. The van der Waals surface area contributed by atoms with E-state index in [-0.39, 0.29) is 11.8 Å². The number of anilines is 2. The number of fused-ring (bicyclic) bond motifs is 2. The smallest absolute Gasteiger partial charge is 0.229 e. The average molecular weight is 429 g/mol. The fraction of sp³-hybridized carbons (Fsp3) is 0.476. The molecular formula is C21H24N4O2S2. The zero-order valence-corrected chi connectivity index (χ0v) is 18.1. The van der Waals surface area contributed by atoms with Gasteiger partial charge in [-0.1, -0.05) is 11.3 Å². The van der Waals surface area contributed by atoms with Gasteiger partial charge < -0.3 is 15.0 Å². The number of piperidine rings is 1. The Morgan fingerprint density at radius 1 is 1.17 bits per heavy atom. The lowest BCUT2D eigenvalue weighted by atomic mass is 9.96. The lowest BCUT2D eigenvalue weighted by Crippen LogP contribution is -2.38. The lowest BCUT2D eigenvalue weighted by molar-refractivity contribution is -0.120. The quantitative estimate of drug-likeness (QED) is 0.663. The van der Waals surface area contributed by atoms with Crippen molar-refractivity contribution in [3.63, 3.8) is 0 Å². The summed E-state index contributed by atoms with van der Waals surface area (Å²) in [6.07, 6.45) is 6.29. The molecule has 0 saturated carbocycles. The minimum absolute atomic E-state index is 0.0432. The van der Waals surface area contributed by atoms with E-state index < -0.39 is 0 Å². The molecule has 1 aliphatic carbocycles. The summed E-state index contributed by atoms with van der Waals surface area (Å²) in [5.74, 6) is 1.01. The Labute approximate surface area is 177 Å². The third-order valence-corrected chi connectivity index (χ3v) is 7.95. The van der Waals surface area contributed by atoms with Gasteiger partial charge in [0.05, 0.1) is 23.0 Å². The summed E-state index contributed by atoms with van der Waals surface area (Å²) in [6, 6.07) is 5.98. The van der Waals surface area contributed by atoms with Gasteiger partial charge in [-0.15, -0.1) is 11.3 Å². The van der Waals surface area contributed by atoms with Gasteiger partial charge in [0, 0.05) is 23.9 Å². The van der Waals surface area contributed by atoms with Crippen LogP contribution in [0.3, 0.4) is 0 Å². The van der Waals surface area contributed by atoms with E-state index in [9.17, 15) is 4.79 Å². The van der Waals surface area contributed by atoms with Gasteiger partial charge in [0.2, 0.25) is 5.91 Å². The van der Waals surface area contributed by atoms with Crippen molar-refractivity contribution in [2.75, 3.05) is 30.4 Å². The molecule has 1 aromatic carbocycles. The van der Waals surface area contributed by atoms with E-state index in [1.807, 2.05) is 18.2 Å². The highest BCUT2D eigenvalue weighted by molar-refractivity contribution is 7.22. The second-order valence-electron chi connectivity index (χ2n) is 7.68. The summed E-state index contributed by atoms with van der Waals surface area (Å²) in [4.78, 5) is 25.8. The molecule has 0 bridgehead atoms. The molecule has 8 heteroatoms. The summed E-state index contributed by atoms with van der Waals surface area (Å²) in [6.45, 7) is 1.70. The van der Waals surface area contributed by atoms with Crippen LogP contribution in [-0.2, 0) is 17.6 Å². The van der Waals surface area contributed by atoms with E-state index in [0.717, 1.165) is 65.0 Å². The molecule has 2 aliphatic rings. The van der Waals surface area contributed by atoms with Gasteiger partial charge in [-0.05, 0) is 56.7 Å². The molecule has 2 aromatic heterocycles. The first-order valence-corrected chi connectivity index (χ1v) is 11.8. The molecule has 1 N–H and O–H groups in total. The summed E-state index contributed by atoms with van der Waals surface area (Å²) in [5, 5.41) is 4.89. The number of rotatable bonds is 4. The maximum atomic E-state index is 12.7. The first kappa shape index (κ1) is 18.8. The van der Waals surface area contributed by atoms with Gasteiger partial charge in [0.1, 0.15) is 5.75 Å². The molecule has 152 valence electrons. The van der Waals surface area contributed by atoms with Crippen molar-refractivity contribution in [3.05, 3.63) is 28.8 Å². The van der Waals surface area contributed by atoms with E-state index in [2.05, 4.69) is 15.2 Å². The van der Waals surface area contributed by atoms with Crippen LogP contribution in [0.1, 0.15) is 36.3 Å². The topological polar surface area (TPSA) is 67.3 Å². The number of benzene rings is 1. The number of methoxy groups -OCH3 is 1. The summed E-state index contributed by atoms with van der Waals surface area (Å²) in [7, 11) is 1.68. The van der Waals surface area contributed by atoms with E-state index >= 15 is 0 Å². The number of aryl methyl sites for hydroxylation is 2. The second-order valence-corrected chi connectivity index (χ2v) is 9.77. The molecule has 0 radical (unpaired) electrons. The Morgan fingerprint density at radius 2 is 2.00 bits per heavy atom. The van der Waals surface area contributed by atoms with Crippen molar-refractivity contribution >= 4 is 49.1 Å². The molecule has 1 amide bonds. The van der Waals surface area contributed by atoms with Crippen molar-refractivity contribution in [1.29, 1.82) is 0 Å². The molecule has 1 saturated heterocycles. The SMILES string of the molecule is COc1ccc2nc(N3CCC(C(=O)Nc4nc5c(s4)CCCC5)CC3)sc2c1. The Bertz CT molecular complexity index is 1010. The first-order valence-electron chi connectivity index (χ1n) is 10.2. The van der Waals surface area contributed by atoms with Crippen LogP contribution in [0.2, 0.25) is 0 Å². The van der Waals surface area contributed by atoms with E-state index in [1.165, 1.54) is 23.4 Å². The number of hydrogen-bond donors (Lipinski definition) is 1. The predicted octanol–water partition coefficient (Wildman–Crippen LogP) is 4.50. The number of nitrogens with one attached hydrogen (secondary N) is 1. The highest BCUT2D eigenvalue weighted by Gasteiger charge is 2.27. The van der Waals surface area contributed by atoms with Crippen LogP contribution < -0.4 is 15.0 Å². The van der Waals surface area contributed by atoms with Crippen LogP contribution in [0.5, 0.6) is 5.75 Å². The number of hydrogen-bond acceptors (Lipinski definition) is 7. The van der Waals surface area contributed by atoms with Gasteiger partial charge in [0.25, 0.3) is 0 Å². The zero-order valence-electron chi connectivity index (χ0n) is 16.4. The van der Waals surface area contributed by atoms with E-state index in [4.69, 9.17) is 9.72 Å². The fourth-order valence-corrected chi connectivity index (χ4v) is 6.20. The average Bonchev–Trinajstić information content (AvgIpc) is 3.36. The van der Waals surface area contributed by atoms with Crippen molar-refractivity contribution in [2.45, 2.75) is 38.5 Å². The predicted molar refractivity (Wildman–Crippen MR) is 118 cm³/mol. The summed E-state index contributed by atoms with van der Waals surface area (Å²) < 4.78 is 6.44. The molecule has 1 fully saturated rings. The highest BCUT2D eigenvalue weighted by Crippen LogP contribution is 2.34. The van der Waals surface area contributed by atoms with Crippen LogP contribution in [0, 0.1) is 5.92 Å². The van der Waals surface area contributed by atoms with Crippen LogP contribution in [0.4, 0.5) is 10.3 Å². The number of carbonyl (C=O) groups is 1. The van der Waals surface area contributed by atoms with E-state index in [0.29, 0.717) is 0 Å². The second kappa shape index (κ2) is 7.91. The summed E-state index contributed by atoms with van der Waals surface area (Å²) in [5.41, 5.74) is 2.19. The van der Waals surface area contributed by atoms with Gasteiger partial charge in [0.15, 0.2) is 10.3 Å². The Morgan fingerprint density at radius 3 is 2.79 bits per heavy atom. The minimum Gasteiger partial charge on any atom is -0.497 e. The maximum Gasteiger partial charge on any atom is 0.229 e. The normalized spacial score (nSPS) is 17.3. The van der Waals surface area contributed by atoms with Crippen molar-refractivity contribution < 1.29 is 9.53 Å². The minimum atomic E-state index is 0.0432. The molecule has 0 spiro atoms. The van der Waals surface area contributed by atoms with Gasteiger partial charge >= 0.3 is 0 Å². The van der Waals surface area contributed by atoms with Gasteiger partial charge in [-0.2, -0.15) is 0 Å². The van der Waals surface area contributed by atoms with Gasteiger partial charge in [-0.25, -0.2) is 9.97 Å². The zero-order chi connectivity index (χ0) is 19.8. The van der Waals surface area contributed by atoms with Gasteiger partial charge in [-0.3, -0.25) is 4.79 Å². The Hall–Kier alpha value is -2.19. The molecule has 0 unspecified atom stereocenters. The number of aromatic nitrogens is 2. The first-order chi connectivity index (χ1) is 14.2. The largest absolute Gasteiger partial charge is 0.497 e. The highest BCUT2D eigenvalue weighted by atomic mass is 32.1. The number of nitrogens with zero attached hydrogens (tertiary/aromatic N) is 3. The third kappa shape index (κ3) is 3.83. The third-order valence-electron chi connectivity index (χ3n) is 5.80. The van der Waals surface area contributed by atoms with Crippen molar-refractivity contribution in [1.82, 2.24) is 9.97 Å². The van der Waals surface area contributed by atoms with Crippen LogP contribution >= 0.6 is 22.7 Å². The number of ether oxygens (including phenoxy) is 1. The van der Waals surface area contributed by atoms with Crippen LogP contribution in [0.25, 0.3) is 10.2 Å². The fourth-order valence-electron chi connectivity index (χ4n) is 4.10. The molecule has 1 aliphatic heterocycles. The number of carbonyl (C=O) groups excluding carboxylic acids is 1. The van der Waals surface area contributed by atoms with Crippen molar-refractivity contribution in [3.8, 4) is 5.75 Å². The monoisotopic (exact) mass is 428 g/mol. The van der Waals surface area contributed by atoms with E-state index in [1.54, 1.807) is 29.8 Å². The molecule has 6 nitrogen and oxygen atoms in total. The number of amides is 1. The van der Waals surface area contributed by atoms with Crippen LogP contribution in [0.15, 0.2) is 18.2 Å². The molecule has 3 heterocycles. The molecule has 3 aromatic rings. The molecule has 0 atom stereocenters. The maximum absolute atomic E-state index is 12.7. The lowest BCUT2D eigenvalue weighted by Gasteiger charge is -2.30. The summed E-state index contributed by atoms with van der Waals surface area (Å²) >= 11 is 3.35. The van der Waals surface area contributed by atoms with Crippen molar-refractivity contribution in [2.24, 2.45) is 5.92 Å². The molecular weight excluding hydrogens is 404 g/mol. The molecule has 29 heavy (non-hydrogen) atoms. The Kier molecular flexibility index (Phi) is 5.13. The molecule has 5 rings (SSSR count). The Balaban J connectivity index is 1.21. The van der Waals surface area contributed by atoms with Crippen LogP contribution in [-0.4, -0.2) is 36.1 Å².